The van der Waals surface area contributed by atoms with Gasteiger partial charge in [-0.05, 0) is 74.8 Å². The highest BCUT2D eigenvalue weighted by Gasteiger charge is 2.26. The Bertz CT molecular complexity index is 654. The first-order valence-corrected chi connectivity index (χ1v) is 11.7. The number of anilines is 1. The molecule has 0 atom stereocenters. The van der Waals surface area contributed by atoms with Crippen LogP contribution in [0.1, 0.15) is 51.5 Å². The van der Waals surface area contributed by atoms with Gasteiger partial charge in [-0.1, -0.05) is 13.8 Å². The molecule has 0 amide bonds. The summed E-state index contributed by atoms with van der Waals surface area (Å²) >= 11 is 0. The molecule has 2 fully saturated rings. The molecule has 166 valence electrons. The Hall–Kier alpha value is -1.61. The fraction of sp³-hybridized carbons (Fsp3) is 0.720. The summed E-state index contributed by atoms with van der Waals surface area (Å²) in [6.45, 7) is 9.17. The van der Waals surface area contributed by atoms with Crippen LogP contribution in [0, 0.1) is 35.0 Å². The molecule has 5 heteroatoms. The van der Waals surface area contributed by atoms with Crippen LogP contribution in [0.5, 0.6) is 0 Å². The smallest absolute Gasteiger partial charge is 0.159 e. The molecule has 1 N–H and O–H groups in total. The Morgan fingerprint density at radius 2 is 1.73 bits per heavy atom. The van der Waals surface area contributed by atoms with Crippen molar-refractivity contribution in [1.82, 2.24) is 5.32 Å². The minimum Gasteiger partial charge on any atom is -0.371 e. The van der Waals surface area contributed by atoms with Crippen molar-refractivity contribution in [3.8, 4) is 6.07 Å². The first-order valence-electron chi connectivity index (χ1n) is 11.7. The predicted octanol–water partition coefficient (Wildman–Crippen LogP) is 4.43. The van der Waals surface area contributed by atoms with Gasteiger partial charge in [-0.15, -0.1) is 0 Å². The van der Waals surface area contributed by atoms with E-state index in [1.165, 1.54) is 31.4 Å². The summed E-state index contributed by atoms with van der Waals surface area (Å²) in [5.41, 5.74) is 1.91. The summed E-state index contributed by atoms with van der Waals surface area (Å²) in [6, 6.07) is 10.2. The minimum atomic E-state index is -0.115. The molecule has 3 rings (SSSR count). The summed E-state index contributed by atoms with van der Waals surface area (Å²) in [5, 5.41) is 12.3. The van der Waals surface area contributed by atoms with E-state index >= 15 is 0 Å². The molecule has 1 aromatic rings. The molecule has 1 aliphatic carbocycles. The highest BCUT2D eigenvalue weighted by atomic mass is 16.7. The molecule has 0 spiro atoms. The second-order valence-electron chi connectivity index (χ2n) is 9.44. The first-order chi connectivity index (χ1) is 14.6. The van der Waals surface area contributed by atoms with E-state index in [1.807, 2.05) is 19.2 Å². The number of benzene rings is 1. The van der Waals surface area contributed by atoms with Crippen molar-refractivity contribution in [1.29, 1.82) is 5.26 Å². The SMILES string of the molecule is CNCC1COC(CCN(CC2CCC(C(C)C)CC2)c2ccc(C#N)cc2)OC1. The second kappa shape index (κ2) is 11.7. The number of hydrogen-bond donors (Lipinski definition) is 1. The van der Waals surface area contributed by atoms with Gasteiger partial charge in [0.15, 0.2) is 6.29 Å². The number of nitrogens with zero attached hydrogens (tertiary/aromatic N) is 2. The van der Waals surface area contributed by atoms with Gasteiger partial charge >= 0.3 is 0 Å². The monoisotopic (exact) mass is 413 g/mol. The summed E-state index contributed by atoms with van der Waals surface area (Å²) in [6.07, 6.45) is 6.09. The van der Waals surface area contributed by atoms with E-state index in [1.54, 1.807) is 0 Å². The molecule has 1 saturated carbocycles. The summed E-state index contributed by atoms with van der Waals surface area (Å²) < 4.78 is 11.9. The van der Waals surface area contributed by atoms with Crippen LogP contribution < -0.4 is 10.2 Å². The predicted molar refractivity (Wildman–Crippen MR) is 121 cm³/mol. The third kappa shape index (κ3) is 6.70. The molecule has 30 heavy (non-hydrogen) atoms. The highest BCUT2D eigenvalue weighted by molar-refractivity contribution is 5.49. The van der Waals surface area contributed by atoms with Gasteiger partial charge < -0.3 is 19.7 Å². The fourth-order valence-electron chi connectivity index (χ4n) is 4.84. The second-order valence-corrected chi connectivity index (χ2v) is 9.44. The van der Waals surface area contributed by atoms with Crippen LogP contribution in [0.25, 0.3) is 0 Å². The van der Waals surface area contributed by atoms with Gasteiger partial charge in [-0.3, -0.25) is 0 Å². The van der Waals surface area contributed by atoms with Gasteiger partial charge in [0.25, 0.3) is 0 Å². The van der Waals surface area contributed by atoms with Gasteiger partial charge in [-0.2, -0.15) is 5.26 Å². The Kier molecular flexibility index (Phi) is 8.99. The van der Waals surface area contributed by atoms with Crippen molar-refractivity contribution in [3.05, 3.63) is 29.8 Å². The van der Waals surface area contributed by atoms with Crippen LogP contribution in [0.3, 0.4) is 0 Å². The molecule has 0 unspecified atom stereocenters. The maximum Gasteiger partial charge on any atom is 0.159 e. The lowest BCUT2D eigenvalue weighted by molar-refractivity contribution is -0.200. The quantitative estimate of drug-likeness (QED) is 0.649. The highest BCUT2D eigenvalue weighted by Crippen LogP contribution is 2.34. The van der Waals surface area contributed by atoms with E-state index in [0.717, 1.165) is 57.0 Å². The van der Waals surface area contributed by atoms with Gasteiger partial charge in [0.2, 0.25) is 0 Å². The van der Waals surface area contributed by atoms with Crippen molar-refractivity contribution in [2.45, 2.75) is 52.2 Å². The number of nitrogens with one attached hydrogen (secondary N) is 1. The van der Waals surface area contributed by atoms with E-state index in [0.29, 0.717) is 11.5 Å². The van der Waals surface area contributed by atoms with E-state index in [4.69, 9.17) is 14.7 Å². The lowest BCUT2D eigenvalue weighted by Gasteiger charge is -2.36. The first kappa shape index (κ1) is 23.1. The molecule has 1 aliphatic heterocycles. The van der Waals surface area contributed by atoms with Gasteiger partial charge in [0.1, 0.15) is 0 Å². The Balaban J connectivity index is 1.56. The van der Waals surface area contributed by atoms with E-state index in [-0.39, 0.29) is 6.29 Å². The maximum absolute atomic E-state index is 9.13. The van der Waals surface area contributed by atoms with Crippen LogP contribution >= 0.6 is 0 Å². The van der Waals surface area contributed by atoms with Gasteiger partial charge in [0, 0.05) is 37.7 Å². The lowest BCUT2D eigenvalue weighted by atomic mass is 9.77. The number of nitriles is 1. The zero-order chi connectivity index (χ0) is 21.3. The topological polar surface area (TPSA) is 57.5 Å². The molecule has 0 bridgehead atoms. The Morgan fingerprint density at radius 1 is 1.07 bits per heavy atom. The molecule has 1 saturated heterocycles. The zero-order valence-electron chi connectivity index (χ0n) is 19.0. The fourth-order valence-corrected chi connectivity index (χ4v) is 4.84. The molecule has 5 nitrogen and oxygen atoms in total. The molecule has 1 aromatic carbocycles. The van der Waals surface area contributed by atoms with Gasteiger partial charge in [-0.25, -0.2) is 0 Å². The lowest BCUT2D eigenvalue weighted by Crippen LogP contribution is -2.39. The summed E-state index contributed by atoms with van der Waals surface area (Å²) in [7, 11) is 1.97. The summed E-state index contributed by atoms with van der Waals surface area (Å²) in [4.78, 5) is 2.48. The average molecular weight is 414 g/mol. The average Bonchev–Trinajstić information content (AvgIpc) is 2.78. The van der Waals surface area contributed by atoms with Crippen molar-refractivity contribution >= 4 is 5.69 Å². The molecule has 0 radical (unpaired) electrons. The van der Waals surface area contributed by atoms with Gasteiger partial charge in [0.05, 0.1) is 24.8 Å². The third-order valence-corrected chi connectivity index (χ3v) is 6.84. The molecule has 2 aliphatic rings. The van der Waals surface area contributed by atoms with Crippen LogP contribution in [0.4, 0.5) is 5.69 Å². The maximum atomic E-state index is 9.13. The molecule has 0 aromatic heterocycles. The van der Waals surface area contributed by atoms with E-state index < -0.39 is 0 Å². The third-order valence-electron chi connectivity index (χ3n) is 6.84. The number of ether oxygens (including phenoxy) is 2. The zero-order valence-corrected chi connectivity index (χ0v) is 19.0. The largest absolute Gasteiger partial charge is 0.371 e. The minimum absolute atomic E-state index is 0.115. The number of rotatable bonds is 9. The summed E-state index contributed by atoms with van der Waals surface area (Å²) in [5.74, 6) is 2.87. The van der Waals surface area contributed by atoms with Crippen LogP contribution in [0.2, 0.25) is 0 Å². The molecular formula is C25H39N3O2. The standard InChI is InChI=1S/C25H39N3O2/c1-19(2)23-8-4-21(5-9-23)16-28(24-10-6-20(14-26)7-11-24)13-12-25-29-17-22(15-27-3)18-30-25/h6-7,10-11,19,21-23,25,27H,4-5,8-9,12-13,15-18H2,1-3H3. The Labute approximate surface area is 182 Å². The van der Waals surface area contributed by atoms with Crippen LogP contribution in [-0.4, -0.2) is 46.2 Å². The normalized spacial score (nSPS) is 27.0. The van der Waals surface area contributed by atoms with Crippen molar-refractivity contribution < 1.29 is 9.47 Å². The van der Waals surface area contributed by atoms with Crippen LogP contribution in [-0.2, 0) is 9.47 Å². The number of hydrogen-bond acceptors (Lipinski definition) is 5. The van der Waals surface area contributed by atoms with Crippen LogP contribution in [0.15, 0.2) is 24.3 Å². The van der Waals surface area contributed by atoms with Crippen molar-refractivity contribution in [2.75, 3.05) is 44.8 Å². The van der Waals surface area contributed by atoms with E-state index in [9.17, 15) is 0 Å². The Morgan fingerprint density at radius 3 is 2.30 bits per heavy atom. The van der Waals surface area contributed by atoms with E-state index in [2.05, 4.69) is 42.3 Å². The molecule has 1 heterocycles. The van der Waals surface area contributed by atoms with Crippen molar-refractivity contribution in [2.24, 2.45) is 23.7 Å². The van der Waals surface area contributed by atoms with Crippen molar-refractivity contribution in [3.63, 3.8) is 0 Å². The molecular weight excluding hydrogens is 374 g/mol.